The third kappa shape index (κ3) is 5.58. The molecule has 0 N–H and O–H groups in total. The van der Waals surface area contributed by atoms with Crippen LogP contribution in [-0.4, -0.2) is 13.2 Å². The van der Waals surface area contributed by atoms with E-state index in [1.165, 1.54) is 44.6 Å². The first-order valence-electron chi connectivity index (χ1n) is 9.80. The van der Waals surface area contributed by atoms with Crippen LogP contribution in [0.5, 0.6) is 11.5 Å². The van der Waals surface area contributed by atoms with E-state index in [0.29, 0.717) is 24.7 Å². The molecule has 0 aliphatic heterocycles. The highest BCUT2D eigenvalue weighted by Crippen LogP contribution is 2.35. The molecule has 1 fully saturated rings. The Bertz CT molecular complexity index is 537. The Morgan fingerprint density at radius 2 is 1.64 bits per heavy atom. The number of rotatable bonds is 9. The van der Waals surface area contributed by atoms with Crippen molar-refractivity contribution in [1.29, 1.82) is 0 Å². The summed E-state index contributed by atoms with van der Waals surface area (Å²) in [5.74, 6) is -0.623. The van der Waals surface area contributed by atoms with E-state index >= 15 is 0 Å². The van der Waals surface area contributed by atoms with Gasteiger partial charge in [-0.15, -0.1) is 0 Å². The van der Waals surface area contributed by atoms with Gasteiger partial charge in [0.2, 0.25) is 11.6 Å². The number of halogens is 2. The zero-order valence-electron chi connectivity index (χ0n) is 15.9. The lowest BCUT2D eigenvalue weighted by molar-refractivity contribution is 0.171. The van der Waals surface area contributed by atoms with Gasteiger partial charge >= 0.3 is 0 Å². The van der Waals surface area contributed by atoms with Crippen LogP contribution in [0.4, 0.5) is 8.78 Å². The fourth-order valence-corrected chi connectivity index (χ4v) is 3.72. The molecule has 0 atom stereocenters. The van der Waals surface area contributed by atoms with Gasteiger partial charge in [-0.2, -0.15) is 8.78 Å². The summed E-state index contributed by atoms with van der Waals surface area (Å²) in [6, 6.07) is 1.52. The summed E-state index contributed by atoms with van der Waals surface area (Å²) >= 11 is 0. The molecule has 1 saturated carbocycles. The zero-order valence-corrected chi connectivity index (χ0v) is 15.9. The van der Waals surface area contributed by atoms with Crippen molar-refractivity contribution in [1.82, 2.24) is 0 Å². The van der Waals surface area contributed by atoms with Gasteiger partial charge in [-0.25, -0.2) is 0 Å². The minimum Gasteiger partial charge on any atom is -0.491 e. The van der Waals surface area contributed by atoms with Gasteiger partial charge < -0.3 is 9.47 Å². The largest absolute Gasteiger partial charge is 0.491 e. The lowest BCUT2D eigenvalue weighted by Crippen LogP contribution is -2.20. The van der Waals surface area contributed by atoms with Gasteiger partial charge in [-0.1, -0.05) is 45.4 Å². The smallest absolute Gasteiger partial charge is 0.204 e. The van der Waals surface area contributed by atoms with Crippen LogP contribution in [0, 0.1) is 30.4 Å². The monoisotopic (exact) mass is 354 g/mol. The summed E-state index contributed by atoms with van der Waals surface area (Å²) in [6.45, 7) is 6.48. The molecule has 0 bridgehead atoms. The maximum Gasteiger partial charge on any atom is 0.204 e. The van der Waals surface area contributed by atoms with E-state index in [9.17, 15) is 8.78 Å². The van der Waals surface area contributed by atoms with Crippen LogP contribution < -0.4 is 9.47 Å². The average molecular weight is 354 g/mol. The van der Waals surface area contributed by atoms with Crippen molar-refractivity contribution in [2.45, 2.75) is 72.1 Å². The van der Waals surface area contributed by atoms with E-state index in [4.69, 9.17) is 9.47 Å². The van der Waals surface area contributed by atoms with Crippen molar-refractivity contribution in [2.75, 3.05) is 13.2 Å². The summed E-state index contributed by atoms with van der Waals surface area (Å²) in [6.07, 6.45) is 9.97. The molecular weight excluding hydrogens is 322 g/mol. The predicted molar refractivity (Wildman–Crippen MR) is 97.3 cm³/mol. The van der Waals surface area contributed by atoms with Crippen molar-refractivity contribution in [3.63, 3.8) is 0 Å². The molecule has 0 aromatic heterocycles. The fraction of sp³-hybridized carbons (Fsp3) is 0.714. The minimum absolute atomic E-state index is 0.0334. The topological polar surface area (TPSA) is 18.5 Å². The van der Waals surface area contributed by atoms with Crippen LogP contribution in [0.25, 0.3) is 0 Å². The molecule has 0 unspecified atom stereocenters. The normalized spacial score (nSPS) is 20.5. The molecule has 1 aromatic rings. The van der Waals surface area contributed by atoms with E-state index in [1.54, 1.807) is 13.8 Å². The van der Waals surface area contributed by atoms with E-state index < -0.39 is 11.6 Å². The van der Waals surface area contributed by atoms with Gasteiger partial charge in [-0.3, -0.25) is 0 Å². The van der Waals surface area contributed by atoms with E-state index in [1.807, 2.05) is 0 Å². The standard InChI is InChI=1S/C21H32F2O2/c1-4-6-7-8-16-9-11-17(12-10-16)14-25-21-15(3)13-18(24-5-2)19(22)20(21)23/h13,16-17H,4-12,14H2,1-3H3. The summed E-state index contributed by atoms with van der Waals surface area (Å²) < 4.78 is 39.1. The van der Waals surface area contributed by atoms with Crippen molar-refractivity contribution in [3.05, 3.63) is 23.3 Å². The van der Waals surface area contributed by atoms with E-state index in [-0.39, 0.29) is 11.5 Å². The Balaban J connectivity index is 1.85. The van der Waals surface area contributed by atoms with Crippen molar-refractivity contribution in [2.24, 2.45) is 11.8 Å². The highest BCUT2D eigenvalue weighted by Gasteiger charge is 2.23. The zero-order chi connectivity index (χ0) is 18.2. The Kier molecular flexibility index (Phi) is 7.98. The van der Waals surface area contributed by atoms with Crippen LogP contribution in [-0.2, 0) is 0 Å². The van der Waals surface area contributed by atoms with Crippen molar-refractivity contribution in [3.8, 4) is 11.5 Å². The molecule has 0 amide bonds. The Labute approximate surface area is 150 Å². The molecule has 25 heavy (non-hydrogen) atoms. The Morgan fingerprint density at radius 1 is 0.960 bits per heavy atom. The third-order valence-corrected chi connectivity index (χ3v) is 5.26. The van der Waals surface area contributed by atoms with Crippen LogP contribution in [0.3, 0.4) is 0 Å². The molecule has 1 aliphatic carbocycles. The van der Waals surface area contributed by atoms with E-state index in [2.05, 4.69) is 6.92 Å². The molecular formula is C21H32F2O2. The van der Waals surface area contributed by atoms with E-state index in [0.717, 1.165) is 18.8 Å². The molecule has 142 valence electrons. The lowest BCUT2D eigenvalue weighted by Gasteiger charge is -2.28. The fourth-order valence-electron chi connectivity index (χ4n) is 3.72. The van der Waals surface area contributed by atoms with Crippen molar-refractivity contribution >= 4 is 0 Å². The summed E-state index contributed by atoms with van der Waals surface area (Å²) in [7, 11) is 0. The van der Waals surface area contributed by atoms with Crippen molar-refractivity contribution < 1.29 is 18.3 Å². The number of hydrogen-bond donors (Lipinski definition) is 0. The molecule has 1 aliphatic rings. The highest BCUT2D eigenvalue weighted by atomic mass is 19.2. The second kappa shape index (κ2) is 9.98. The molecule has 0 saturated heterocycles. The summed E-state index contributed by atoms with van der Waals surface area (Å²) in [5.41, 5.74) is 0.579. The maximum atomic E-state index is 14.3. The number of aryl methyl sites for hydroxylation is 1. The first kappa shape index (κ1) is 20.0. The molecule has 0 spiro atoms. The summed E-state index contributed by atoms with van der Waals surface area (Å²) in [5, 5.41) is 0. The van der Waals surface area contributed by atoms with Crippen LogP contribution in [0.15, 0.2) is 6.07 Å². The second-order valence-corrected chi connectivity index (χ2v) is 7.28. The average Bonchev–Trinajstić information content (AvgIpc) is 2.61. The SMILES string of the molecule is CCCCCC1CCC(COc2c(C)cc(OCC)c(F)c2F)CC1. The molecule has 0 radical (unpaired) electrons. The highest BCUT2D eigenvalue weighted by molar-refractivity contribution is 5.42. The second-order valence-electron chi connectivity index (χ2n) is 7.28. The van der Waals surface area contributed by atoms with Crippen LogP contribution >= 0.6 is 0 Å². The molecule has 1 aromatic carbocycles. The number of hydrogen-bond acceptors (Lipinski definition) is 2. The van der Waals surface area contributed by atoms with Gasteiger partial charge in [0.05, 0.1) is 13.2 Å². The van der Waals surface area contributed by atoms with Gasteiger partial charge in [0.25, 0.3) is 0 Å². The predicted octanol–water partition coefficient (Wildman–Crippen LogP) is 6.44. The molecule has 4 heteroatoms. The van der Waals surface area contributed by atoms with Crippen LogP contribution in [0.2, 0.25) is 0 Å². The first-order chi connectivity index (χ1) is 12.1. The quantitative estimate of drug-likeness (QED) is 0.475. The number of ether oxygens (including phenoxy) is 2. The third-order valence-electron chi connectivity index (χ3n) is 5.26. The van der Waals surface area contributed by atoms with Gasteiger partial charge in [0, 0.05) is 0 Å². The lowest BCUT2D eigenvalue weighted by atomic mass is 9.80. The molecule has 0 heterocycles. The molecule has 2 nitrogen and oxygen atoms in total. The van der Waals surface area contributed by atoms with Gasteiger partial charge in [0.15, 0.2) is 11.5 Å². The van der Waals surface area contributed by atoms with Crippen LogP contribution in [0.1, 0.15) is 70.8 Å². The Hall–Kier alpha value is -1.32. The summed E-state index contributed by atoms with van der Waals surface area (Å²) in [4.78, 5) is 0. The molecule has 2 rings (SSSR count). The van der Waals surface area contributed by atoms with Gasteiger partial charge in [-0.05, 0) is 50.2 Å². The number of unbranched alkanes of at least 4 members (excludes halogenated alkanes) is 2. The first-order valence-corrected chi connectivity index (χ1v) is 9.80. The van der Waals surface area contributed by atoms with Gasteiger partial charge in [0.1, 0.15) is 0 Å². The minimum atomic E-state index is -0.956. The number of benzene rings is 1. The Morgan fingerprint density at radius 3 is 2.28 bits per heavy atom. The maximum absolute atomic E-state index is 14.3.